The number of ether oxygens (including phenoxy) is 2. The van der Waals surface area contributed by atoms with Gasteiger partial charge in [0.1, 0.15) is 11.9 Å². The summed E-state index contributed by atoms with van der Waals surface area (Å²) in [4.78, 5) is 4.96. The molecule has 0 bridgehead atoms. The largest absolute Gasteiger partial charge is 0.491 e. The Morgan fingerprint density at radius 2 is 2.07 bits per heavy atom. The molecule has 0 N–H and O–H groups in total. The molecule has 2 aliphatic heterocycles. The number of benzene rings is 1. The van der Waals surface area contributed by atoms with Gasteiger partial charge in [-0.25, -0.2) is 8.42 Å². The van der Waals surface area contributed by atoms with Crippen molar-refractivity contribution in [3.8, 4) is 5.75 Å². The molecule has 0 aromatic heterocycles. The van der Waals surface area contributed by atoms with E-state index < -0.39 is 10.0 Å². The van der Waals surface area contributed by atoms with E-state index in [1.807, 2.05) is 6.08 Å². The van der Waals surface area contributed by atoms with Gasteiger partial charge in [0.15, 0.2) is 5.90 Å². The van der Waals surface area contributed by atoms with Crippen LogP contribution in [0.1, 0.15) is 32.6 Å². The van der Waals surface area contributed by atoms with Gasteiger partial charge in [-0.15, -0.1) is 0 Å². The molecule has 2 unspecified atom stereocenters. The van der Waals surface area contributed by atoms with Crippen LogP contribution in [0.2, 0.25) is 5.02 Å². The van der Waals surface area contributed by atoms with Crippen LogP contribution in [0.5, 0.6) is 5.75 Å². The molecule has 5 rings (SSSR count). The van der Waals surface area contributed by atoms with Gasteiger partial charge in [-0.2, -0.15) is 0 Å². The maximum absolute atomic E-state index is 13.6. The molecule has 1 aromatic rings. The van der Waals surface area contributed by atoms with Crippen molar-refractivity contribution in [2.24, 2.45) is 16.8 Å². The third-order valence-corrected chi connectivity index (χ3v) is 8.25. The number of hydrogen-bond donors (Lipinski definition) is 0. The first kappa shape index (κ1) is 19.9. The van der Waals surface area contributed by atoms with Gasteiger partial charge in [-0.1, -0.05) is 24.6 Å². The summed E-state index contributed by atoms with van der Waals surface area (Å²) in [7, 11) is -3.69. The number of fused-ring (bicyclic) bond motifs is 1. The van der Waals surface area contributed by atoms with Gasteiger partial charge in [0.05, 0.1) is 23.7 Å². The lowest BCUT2D eigenvalue weighted by Crippen LogP contribution is -2.34. The Labute approximate surface area is 182 Å². The fraction of sp³-hybridized carbons (Fsp3) is 0.500. The van der Waals surface area contributed by atoms with E-state index in [2.05, 4.69) is 11.9 Å². The zero-order valence-corrected chi connectivity index (χ0v) is 18.5. The zero-order chi connectivity index (χ0) is 20.9. The van der Waals surface area contributed by atoms with E-state index in [9.17, 15) is 8.42 Å². The van der Waals surface area contributed by atoms with Crippen molar-refractivity contribution in [3.63, 3.8) is 0 Å². The van der Waals surface area contributed by atoms with E-state index in [0.717, 1.165) is 24.3 Å². The molecule has 160 valence electrons. The number of allylic oxidation sites excluding steroid dienone is 3. The predicted octanol–water partition coefficient (Wildman–Crippen LogP) is 4.32. The van der Waals surface area contributed by atoms with Crippen molar-refractivity contribution in [2.45, 2.75) is 38.7 Å². The second-order valence-corrected chi connectivity index (χ2v) is 10.7. The SMILES string of the molecule is CC1CC(S(=O)(=O)N2CCCOc3ccc(Cl)cc32)=CC=C1C1CN=C(C2CC2)O1. The lowest BCUT2D eigenvalue weighted by Gasteiger charge is -2.29. The quantitative estimate of drug-likeness (QED) is 0.688. The zero-order valence-electron chi connectivity index (χ0n) is 16.9. The molecule has 4 aliphatic rings. The highest BCUT2D eigenvalue weighted by molar-refractivity contribution is 7.96. The first-order chi connectivity index (χ1) is 14.4. The Morgan fingerprint density at radius 3 is 2.83 bits per heavy atom. The van der Waals surface area contributed by atoms with Gasteiger partial charge in [-0.05, 0) is 55.0 Å². The average molecular weight is 449 g/mol. The number of rotatable bonds is 4. The molecule has 0 spiro atoms. The molecular formula is C22H25ClN2O4S. The number of nitrogens with zero attached hydrogens (tertiary/aromatic N) is 2. The van der Waals surface area contributed by atoms with Gasteiger partial charge < -0.3 is 9.47 Å². The van der Waals surface area contributed by atoms with Crippen LogP contribution in [0.25, 0.3) is 0 Å². The summed E-state index contributed by atoms with van der Waals surface area (Å²) in [5.41, 5.74) is 1.63. The Bertz CT molecular complexity index is 1060. The minimum atomic E-state index is -3.69. The standard InChI is InChI=1S/C22H25ClN2O4S/c1-14-11-17(6-7-18(14)21-13-24-22(29-21)15-3-4-15)30(26,27)25-9-2-10-28-20-8-5-16(23)12-19(20)25/h5-8,12,14-15,21H,2-4,9-11,13H2,1H3. The number of hydrogen-bond acceptors (Lipinski definition) is 5. The van der Waals surface area contributed by atoms with Crippen LogP contribution in [-0.4, -0.2) is 40.1 Å². The topological polar surface area (TPSA) is 68.2 Å². The van der Waals surface area contributed by atoms with E-state index in [-0.39, 0.29) is 12.0 Å². The number of aliphatic imine (C=N–C) groups is 1. The van der Waals surface area contributed by atoms with Crippen molar-refractivity contribution in [1.82, 2.24) is 0 Å². The van der Waals surface area contributed by atoms with Crippen LogP contribution in [0.3, 0.4) is 0 Å². The molecule has 1 fully saturated rings. The highest BCUT2D eigenvalue weighted by Gasteiger charge is 2.38. The van der Waals surface area contributed by atoms with Crippen molar-refractivity contribution in [1.29, 1.82) is 0 Å². The Morgan fingerprint density at radius 1 is 1.23 bits per heavy atom. The van der Waals surface area contributed by atoms with Gasteiger partial charge in [0.25, 0.3) is 10.0 Å². The molecule has 2 aliphatic carbocycles. The van der Waals surface area contributed by atoms with Gasteiger partial charge in [-0.3, -0.25) is 9.30 Å². The minimum absolute atomic E-state index is 0.0674. The lowest BCUT2D eigenvalue weighted by molar-refractivity contribution is 0.238. The molecule has 6 nitrogen and oxygen atoms in total. The predicted molar refractivity (Wildman–Crippen MR) is 118 cm³/mol. The van der Waals surface area contributed by atoms with E-state index in [1.54, 1.807) is 24.3 Å². The van der Waals surface area contributed by atoms with Gasteiger partial charge >= 0.3 is 0 Å². The van der Waals surface area contributed by atoms with E-state index >= 15 is 0 Å². The van der Waals surface area contributed by atoms with Gasteiger partial charge in [0, 0.05) is 23.9 Å². The van der Waals surface area contributed by atoms with Crippen molar-refractivity contribution >= 4 is 33.2 Å². The molecule has 0 radical (unpaired) electrons. The first-order valence-corrected chi connectivity index (χ1v) is 12.3. The van der Waals surface area contributed by atoms with Gasteiger partial charge in [0.2, 0.25) is 0 Å². The molecule has 2 heterocycles. The summed E-state index contributed by atoms with van der Waals surface area (Å²) in [6.45, 7) is 3.53. The molecule has 30 heavy (non-hydrogen) atoms. The molecule has 1 aromatic carbocycles. The van der Waals surface area contributed by atoms with Crippen LogP contribution < -0.4 is 9.04 Å². The van der Waals surface area contributed by atoms with Crippen LogP contribution in [0.15, 0.2) is 45.8 Å². The molecule has 0 amide bonds. The summed E-state index contributed by atoms with van der Waals surface area (Å²) < 4.78 is 40.4. The molecular weight excluding hydrogens is 424 g/mol. The van der Waals surface area contributed by atoms with E-state index in [1.165, 1.54) is 4.31 Å². The Hall–Kier alpha value is -1.99. The van der Waals surface area contributed by atoms with Crippen molar-refractivity contribution < 1.29 is 17.9 Å². The highest BCUT2D eigenvalue weighted by Crippen LogP contribution is 2.40. The van der Waals surface area contributed by atoms with Crippen molar-refractivity contribution in [3.05, 3.63) is 45.9 Å². The maximum Gasteiger partial charge on any atom is 0.260 e. The summed E-state index contributed by atoms with van der Waals surface area (Å²) in [5.74, 6) is 2.00. The summed E-state index contributed by atoms with van der Waals surface area (Å²) in [5, 5.41) is 0.484. The van der Waals surface area contributed by atoms with E-state index in [0.29, 0.717) is 59.8 Å². The smallest absolute Gasteiger partial charge is 0.260 e. The monoisotopic (exact) mass is 448 g/mol. The highest BCUT2D eigenvalue weighted by atomic mass is 35.5. The fourth-order valence-electron chi connectivity index (χ4n) is 4.29. The number of halogens is 1. The lowest BCUT2D eigenvalue weighted by atomic mass is 9.89. The molecule has 2 atom stereocenters. The molecule has 8 heteroatoms. The molecule has 1 saturated carbocycles. The number of sulfonamides is 1. The first-order valence-electron chi connectivity index (χ1n) is 10.5. The second-order valence-electron chi connectivity index (χ2n) is 8.36. The third-order valence-electron chi connectivity index (χ3n) is 6.09. The average Bonchev–Trinajstić information content (AvgIpc) is 3.49. The number of anilines is 1. The van der Waals surface area contributed by atoms with Crippen LogP contribution in [-0.2, 0) is 14.8 Å². The Balaban J connectivity index is 1.42. The second kappa shape index (κ2) is 7.61. The van der Waals surface area contributed by atoms with Crippen molar-refractivity contribution in [2.75, 3.05) is 24.0 Å². The normalized spacial score (nSPS) is 26.6. The van der Waals surface area contributed by atoms with E-state index in [4.69, 9.17) is 21.1 Å². The minimum Gasteiger partial charge on any atom is -0.491 e. The Kier molecular flexibility index (Phi) is 5.06. The summed E-state index contributed by atoms with van der Waals surface area (Å²) in [6.07, 6.45) is 6.97. The fourth-order valence-corrected chi connectivity index (χ4v) is 6.21. The third kappa shape index (κ3) is 3.62. The summed E-state index contributed by atoms with van der Waals surface area (Å²) in [6, 6.07) is 5.11. The summed E-state index contributed by atoms with van der Waals surface area (Å²) >= 11 is 6.16. The molecule has 0 saturated heterocycles. The van der Waals surface area contributed by atoms with Crippen LogP contribution in [0, 0.1) is 11.8 Å². The maximum atomic E-state index is 13.6. The van der Waals surface area contributed by atoms with Crippen LogP contribution >= 0.6 is 11.6 Å². The van der Waals surface area contributed by atoms with Crippen LogP contribution in [0.4, 0.5) is 5.69 Å².